The minimum Gasteiger partial charge on any atom is -0.354 e. The fourth-order valence-corrected chi connectivity index (χ4v) is 5.57. The van der Waals surface area contributed by atoms with E-state index in [1.165, 1.54) is 9.21 Å². The Kier molecular flexibility index (Phi) is 11.7. The van der Waals surface area contributed by atoms with E-state index < -0.39 is 16.1 Å². The molecule has 0 saturated carbocycles. The zero-order valence-corrected chi connectivity index (χ0v) is 24.5. The summed E-state index contributed by atoms with van der Waals surface area (Å²) in [5.74, 6) is -0.477. The van der Waals surface area contributed by atoms with Gasteiger partial charge in [0.25, 0.3) is 0 Å². The number of carbonyl (C=O) groups is 2. The Morgan fingerprint density at radius 2 is 1.76 bits per heavy atom. The largest absolute Gasteiger partial charge is 0.354 e. The molecule has 10 heteroatoms. The Balaban J connectivity index is 2.27. The lowest BCUT2D eigenvalue weighted by Crippen LogP contribution is -2.49. The quantitative estimate of drug-likeness (QED) is 0.345. The van der Waals surface area contributed by atoms with Crippen LogP contribution in [0.4, 0.5) is 5.69 Å². The van der Waals surface area contributed by atoms with Crippen LogP contribution in [0.3, 0.4) is 0 Å². The molecule has 2 rings (SSSR count). The second-order valence-corrected chi connectivity index (χ2v) is 12.0. The smallest absolute Gasteiger partial charge is 0.242 e. The van der Waals surface area contributed by atoms with Gasteiger partial charge in [0.2, 0.25) is 21.8 Å². The van der Waals surface area contributed by atoms with Crippen molar-refractivity contribution < 1.29 is 18.0 Å². The van der Waals surface area contributed by atoms with Crippen molar-refractivity contribution >= 4 is 50.7 Å². The predicted octanol–water partition coefficient (Wildman–Crippen LogP) is 5.49. The van der Waals surface area contributed by atoms with Crippen LogP contribution >= 0.6 is 23.2 Å². The molecule has 0 bridgehead atoms. The zero-order chi connectivity index (χ0) is 27.8. The van der Waals surface area contributed by atoms with Crippen molar-refractivity contribution in [3.8, 4) is 0 Å². The van der Waals surface area contributed by atoms with Crippen molar-refractivity contribution in [3.63, 3.8) is 0 Å². The van der Waals surface area contributed by atoms with Crippen LogP contribution in [0.2, 0.25) is 10.0 Å². The summed E-state index contributed by atoms with van der Waals surface area (Å²) in [5, 5.41) is 3.77. The Morgan fingerprint density at radius 1 is 1.05 bits per heavy atom. The van der Waals surface area contributed by atoms with Gasteiger partial charge in [-0.3, -0.25) is 13.9 Å². The average molecular weight is 571 g/mol. The summed E-state index contributed by atoms with van der Waals surface area (Å²) in [4.78, 5) is 28.0. The number of rotatable bonds is 13. The van der Waals surface area contributed by atoms with Crippen molar-refractivity contribution in [3.05, 3.63) is 63.1 Å². The fourth-order valence-electron chi connectivity index (χ4n) is 4.09. The molecule has 0 aliphatic heterocycles. The Hall–Kier alpha value is -2.29. The molecule has 1 N–H and O–H groups in total. The van der Waals surface area contributed by atoms with Crippen LogP contribution in [-0.2, 0) is 26.2 Å². The number of nitrogens with zero attached hydrogens (tertiary/aromatic N) is 2. The van der Waals surface area contributed by atoms with E-state index in [1.807, 2.05) is 45.9 Å². The van der Waals surface area contributed by atoms with Gasteiger partial charge >= 0.3 is 0 Å². The van der Waals surface area contributed by atoms with Crippen molar-refractivity contribution in [2.24, 2.45) is 0 Å². The molecule has 1 atom stereocenters. The summed E-state index contributed by atoms with van der Waals surface area (Å²) in [6, 6.07) is 10.00. The Bertz CT molecular complexity index is 1200. The molecule has 0 radical (unpaired) electrons. The lowest BCUT2D eigenvalue weighted by atomic mass is 10.1. The van der Waals surface area contributed by atoms with Gasteiger partial charge in [-0.15, -0.1) is 0 Å². The molecule has 0 aliphatic carbocycles. The van der Waals surface area contributed by atoms with Crippen molar-refractivity contribution in [2.45, 2.75) is 66.0 Å². The highest BCUT2D eigenvalue weighted by atomic mass is 35.5. The fraction of sp³-hybridized carbons (Fsp3) is 0.481. The van der Waals surface area contributed by atoms with Gasteiger partial charge in [0.05, 0.1) is 11.9 Å². The summed E-state index contributed by atoms with van der Waals surface area (Å²) in [5.41, 5.74) is 3.06. The van der Waals surface area contributed by atoms with E-state index in [4.69, 9.17) is 23.2 Å². The minimum atomic E-state index is -3.56. The lowest BCUT2D eigenvalue weighted by Gasteiger charge is -2.31. The lowest BCUT2D eigenvalue weighted by molar-refractivity contribution is -0.141. The molecule has 0 fully saturated rings. The first-order chi connectivity index (χ1) is 17.4. The van der Waals surface area contributed by atoms with Crippen molar-refractivity contribution in [2.75, 3.05) is 23.7 Å². The highest BCUT2D eigenvalue weighted by Crippen LogP contribution is 2.26. The van der Waals surface area contributed by atoms with Crippen LogP contribution in [0.5, 0.6) is 0 Å². The third kappa shape index (κ3) is 8.90. The van der Waals surface area contributed by atoms with Gasteiger partial charge in [0, 0.05) is 36.1 Å². The number of hydrogen-bond donors (Lipinski definition) is 1. The summed E-state index contributed by atoms with van der Waals surface area (Å²) < 4.78 is 26.6. The van der Waals surface area contributed by atoms with Crippen LogP contribution < -0.4 is 9.62 Å². The first-order valence-corrected chi connectivity index (χ1v) is 15.1. The van der Waals surface area contributed by atoms with E-state index in [2.05, 4.69) is 5.32 Å². The number of nitrogens with one attached hydrogen (secondary N) is 1. The maximum absolute atomic E-state index is 13.5. The number of amides is 2. The topological polar surface area (TPSA) is 86.8 Å². The maximum atomic E-state index is 13.5. The molecule has 0 spiro atoms. The molecule has 204 valence electrons. The average Bonchev–Trinajstić information content (AvgIpc) is 2.82. The second kappa shape index (κ2) is 14.0. The molecule has 0 aliphatic rings. The van der Waals surface area contributed by atoms with Gasteiger partial charge in [-0.1, -0.05) is 55.2 Å². The summed E-state index contributed by atoms with van der Waals surface area (Å²) in [6.07, 6.45) is 2.72. The van der Waals surface area contributed by atoms with Gasteiger partial charge in [-0.2, -0.15) is 0 Å². The monoisotopic (exact) mass is 569 g/mol. The first-order valence-electron chi connectivity index (χ1n) is 12.4. The van der Waals surface area contributed by atoms with Crippen LogP contribution in [0.1, 0.15) is 56.2 Å². The van der Waals surface area contributed by atoms with E-state index >= 15 is 0 Å². The van der Waals surface area contributed by atoms with Crippen molar-refractivity contribution in [1.29, 1.82) is 0 Å². The first kappa shape index (κ1) is 30.9. The molecule has 7 nitrogen and oxygen atoms in total. The molecule has 0 unspecified atom stereocenters. The zero-order valence-electron chi connectivity index (χ0n) is 22.2. The van der Waals surface area contributed by atoms with E-state index in [9.17, 15) is 18.0 Å². The maximum Gasteiger partial charge on any atom is 0.242 e. The summed E-state index contributed by atoms with van der Waals surface area (Å²) in [6.45, 7) is 8.37. The summed E-state index contributed by atoms with van der Waals surface area (Å²) >= 11 is 12.4. The van der Waals surface area contributed by atoms with Crippen LogP contribution in [0, 0.1) is 13.8 Å². The molecule has 2 aromatic carbocycles. The number of carbonyl (C=O) groups excluding carboxylic acids is 2. The predicted molar refractivity (Wildman–Crippen MR) is 152 cm³/mol. The molecule has 2 amide bonds. The highest BCUT2D eigenvalue weighted by molar-refractivity contribution is 7.92. The van der Waals surface area contributed by atoms with E-state index in [0.717, 1.165) is 23.8 Å². The highest BCUT2D eigenvalue weighted by Gasteiger charge is 2.29. The van der Waals surface area contributed by atoms with E-state index in [0.29, 0.717) is 34.3 Å². The van der Waals surface area contributed by atoms with E-state index in [-0.39, 0.29) is 37.7 Å². The van der Waals surface area contributed by atoms with Gasteiger partial charge in [0.1, 0.15) is 6.04 Å². The van der Waals surface area contributed by atoms with Crippen LogP contribution in [-0.4, -0.2) is 50.5 Å². The molecule has 2 aromatic rings. The van der Waals surface area contributed by atoms with Gasteiger partial charge in [-0.05, 0) is 68.0 Å². The number of anilines is 1. The third-order valence-corrected chi connectivity index (χ3v) is 7.84. The molecule has 37 heavy (non-hydrogen) atoms. The van der Waals surface area contributed by atoms with E-state index in [1.54, 1.807) is 18.2 Å². The standard InChI is InChI=1S/C27H37Cl2N3O4S/c1-6-14-30-27(34)24(7-2)31(18-21-12-13-22(28)17-23(21)29)26(33)9-8-15-32(37(5,35)36)25-16-19(3)10-11-20(25)4/h10-13,16-17,24H,6-9,14-15,18H2,1-5H3,(H,30,34)/t24-/m1/s1. The second-order valence-electron chi connectivity index (χ2n) is 9.20. The van der Waals surface area contributed by atoms with Gasteiger partial charge in [-0.25, -0.2) is 8.42 Å². The number of halogens is 2. The Morgan fingerprint density at radius 3 is 2.35 bits per heavy atom. The number of benzene rings is 2. The van der Waals surface area contributed by atoms with Gasteiger partial charge < -0.3 is 10.2 Å². The molecular weight excluding hydrogens is 533 g/mol. The molecule has 0 saturated heterocycles. The number of aryl methyl sites for hydroxylation is 2. The number of sulfonamides is 1. The summed E-state index contributed by atoms with van der Waals surface area (Å²) in [7, 11) is -3.56. The third-order valence-electron chi connectivity index (χ3n) is 6.08. The normalized spacial score (nSPS) is 12.2. The minimum absolute atomic E-state index is 0.0691. The number of hydrogen-bond acceptors (Lipinski definition) is 4. The van der Waals surface area contributed by atoms with Crippen molar-refractivity contribution in [1.82, 2.24) is 10.2 Å². The molecule has 0 heterocycles. The molecular formula is C27H37Cl2N3O4S. The van der Waals surface area contributed by atoms with Gasteiger partial charge in [0.15, 0.2) is 0 Å². The van der Waals surface area contributed by atoms with Crippen LogP contribution in [0.25, 0.3) is 0 Å². The molecule has 0 aromatic heterocycles. The van der Waals surface area contributed by atoms with Crippen LogP contribution in [0.15, 0.2) is 36.4 Å². The Labute approximate surface area is 231 Å². The SMILES string of the molecule is CCCNC(=O)[C@@H](CC)N(Cc1ccc(Cl)cc1Cl)C(=O)CCCN(c1cc(C)ccc1C)S(C)(=O)=O.